The summed E-state index contributed by atoms with van der Waals surface area (Å²) < 4.78 is 26.9. The average Bonchev–Trinajstić information content (AvgIpc) is 3.19. The van der Waals surface area contributed by atoms with Crippen LogP contribution < -0.4 is 5.32 Å². The van der Waals surface area contributed by atoms with Gasteiger partial charge in [0.2, 0.25) is 5.91 Å². The number of hydrogen-bond donors (Lipinski definition) is 1. The molecular formula is C16H16ClN3O5S2. The zero-order chi connectivity index (χ0) is 19.6. The van der Waals surface area contributed by atoms with Gasteiger partial charge in [-0.15, -0.1) is 11.3 Å². The van der Waals surface area contributed by atoms with Gasteiger partial charge < -0.3 is 5.32 Å². The highest BCUT2D eigenvalue weighted by Crippen LogP contribution is 2.30. The number of nitro groups is 1. The van der Waals surface area contributed by atoms with Gasteiger partial charge in [0.25, 0.3) is 15.7 Å². The van der Waals surface area contributed by atoms with Crippen LogP contribution in [-0.4, -0.2) is 36.6 Å². The van der Waals surface area contributed by atoms with E-state index in [1.165, 1.54) is 28.6 Å². The van der Waals surface area contributed by atoms with Crippen molar-refractivity contribution in [2.75, 3.05) is 18.4 Å². The Morgan fingerprint density at radius 1 is 1.37 bits per heavy atom. The van der Waals surface area contributed by atoms with Crippen LogP contribution in [0.1, 0.15) is 12.8 Å². The maximum Gasteiger partial charge on any atom is 0.271 e. The molecule has 1 aromatic heterocycles. The van der Waals surface area contributed by atoms with E-state index in [0.29, 0.717) is 19.4 Å². The van der Waals surface area contributed by atoms with Gasteiger partial charge in [0.15, 0.2) is 0 Å². The summed E-state index contributed by atoms with van der Waals surface area (Å²) in [5, 5.41) is 15.3. The van der Waals surface area contributed by atoms with E-state index in [0.717, 1.165) is 11.3 Å². The molecule has 3 rings (SSSR count). The fourth-order valence-corrected chi connectivity index (χ4v) is 5.70. The van der Waals surface area contributed by atoms with Gasteiger partial charge in [-0.2, -0.15) is 4.31 Å². The third kappa shape index (κ3) is 4.29. The molecule has 1 N–H and O–H groups in total. The number of non-ortho nitro benzene ring substituents is 1. The van der Waals surface area contributed by atoms with Crippen LogP contribution in [-0.2, 0) is 14.8 Å². The van der Waals surface area contributed by atoms with Crippen LogP contribution in [0.4, 0.5) is 11.4 Å². The summed E-state index contributed by atoms with van der Waals surface area (Å²) in [6, 6.07) is 6.96. The molecule has 1 fully saturated rings. The van der Waals surface area contributed by atoms with Crippen LogP contribution in [0.3, 0.4) is 0 Å². The van der Waals surface area contributed by atoms with Crippen LogP contribution in [0.25, 0.3) is 0 Å². The highest BCUT2D eigenvalue weighted by atomic mass is 35.5. The van der Waals surface area contributed by atoms with E-state index >= 15 is 0 Å². The number of anilines is 1. The van der Waals surface area contributed by atoms with Gasteiger partial charge in [-0.25, -0.2) is 8.42 Å². The maximum atomic E-state index is 12.7. The Morgan fingerprint density at radius 3 is 2.81 bits per heavy atom. The maximum absolute atomic E-state index is 12.7. The largest absolute Gasteiger partial charge is 0.324 e. The summed E-state index contributed by atoms with van der Waals surface area (Å²) in [6.07, 6.45) is 1.07. The minimum Gasteiger partial charge on any atom is -0.324 e. The molecule has 0 unspecified atom stereocenters. The summed E-state index contributed by atoms with van der Waals surface area (Å²) in [5.74, 6) is -0.979. The summed E-state index contributed by atoms with van der Waals surface area (Å²) in [7, 11) is -3.63. The van der Waals surface area contributed by atoms with Gasteiger partial charge in [-0.3, -0.25) is 14.9 Å². The smallest absolute Gasteiger partial charge is 0.271 e. The van der Waals surface area contributed by atoms with E-state index in [-0.39, 0.29) is 27.2 Å². The normalized spacial score (nSPS) is 18.2. The van der Waals surface area contributed by atoms with Gasteiger partial charge in [-0.05, 0) is 30.4 Å². The number of nitrogens with one attached hydrogen (secondary N) is 1. The lowest BCUT2D eigenvalue weighted by molar-refractivity contribution is -0.384. The Bertz CT molecular complexity index is 962. The number of benzene rings is 1. The Labute approximate surface area is 165 Å². The van der Waals surface area contributed by atoms with Crippen molar-refractivity contribution in [3.8, 4) is 0 Å². The van der Waals surface area contributed by atoms with Crippen LogP contribution in [0.15, 0.2) is 39.9 Å². The number of carbonyl (C=O) groups excluding carboxylic acids is 1. The Balaban J connectivity index is 1.74. The molecule has 0 spiro atoms. The predicted octanol–water partition coefficient (Wildman–Crippen LogP) is 3.35. The standard InChI is InChI=1S/C16H16ClN3O5S2/c17-13-6-5-12(20(22)23)9-14(13)18-16(21)11-3-1-7-19(10-11)27(24,25)15-4-2-8-26-15/h2,4-6,8-9,11H,1,3,7,10H2,(H,18,21)/t11-/m1/s1. The molecule has 1 aliphatic rings. The molecule has 8 nitrogen and oxygen atoms in total. The van der Waals surface area contributed by atoms with Crippen molar-refractivity contribution >= 4 is 50.2 Å². The highest BCUT2D eigenvalue weighted by Gasteiger charge is 2.34. The quantitative estimate of drug-likeness (QED) is 0.578. The van der Waals surface area contributed by atoms with Crippen LogP contribution >= 0.6 is 22.9 Å². The van der Waals surface area contributed by atoms with E-state index < -0.39 is 26.8 Å². The second-order valence-corrected chi connectivity index (χ2v) is 9.56. The SMILES string of the molecule is O=C(Nc1cc([N+](=O)[O-])ccc1Cl)[C@@H]1CCCN(S(=O)(=O)c2cccs2)C1. The second kappa shape index (κ2) is 7.93. The number of piperidine rings is 1. The highest BCUT2D eigenvalue weighted by molar-refractivity contribution is 7.91. The second-order valence-electron chi connectivity index (χ2n) is 6.04. The number of thiophene rings is 1. The number of halogens is 1. The molecule has 0 radical (unpaired) electrons. The third-order valence-electron chi connectivity index (χ3n) is 4.26. The first-order chi connectivity index (χ1) is 12.8. The van der Waals surface area contributed by atoms with Crippen LogP contribution in [0.5, 0.6) is 0 Å². The van der Waals surface area contributed by atoms with Gasteiger partial charge in [-0.1, -0.05) is 17.7 Å². The molecule has 1 saturated heterocycles. The average molecular weight is 430 g/mol. The minimum absolute atomic E-state index is 0.0542. The molecule has 27 heavy (non-hydrogen) atoms. The fraction of sp³-hybridized carbons (Fsp3) is 0.312. The zero-order valence-corrected chi connectivity index (χ0v) is 16.4. The Morgan fingerprint density at radius 2 is 2.15 bits per heavy atom. The van der Waals surface area contributed by atoms with Gasteiger partial charge in [0.1, 0.15) is 4.21 Å². The van der Waals surface area contributed by atoms with E-state index in [1.54, 1.807) is 11.4 Å². The Hall–Kier alpha value is -2.01. The van der Waals surface area contributed by atoms with E-state index in [2.05, 4.69) is 5.32 Å². The molecule has 1 aliphatic heterocycles. The lowest BCUT2D eigenvalue weighted by atomic mass is 9.98. The molecule has 1 aromatic carbocycles. The predicted molar refractivity (Wildman–Crippen MR) is 103 cm³/mol. The number of sulfonamides is 1. The zero-order valence-electron chi connectivity index (χ0n) is 14.0. The molecule has 1 atom stereocenters. The van der Waals surface area contributed by atoms with E-state index in [9.17, 15) is 23.3 Å². The van der Waals surface area contributed by atoms with Crippen molar-refractivity contribution in [3.05, 3.63) is 50.8 Å². The summed E-state index contributed by atoms with van der Waals surface area (Å²) >= 11 is 7.14. The molecule has 0 saturated carbocycles. The molecular weight excluding hydrogens is 414 g/mol. The van der Waals surface area contributed by atoms with E-state index in [4.69, 9.17) is 11.6 Å². The van der Waals surface area contributed by atoms with Gasteiger partial charge >= 0.3 is 0 Å². The topological polar surface area (TPSA) is 110 Å². The molecule has 144 valence electrons. The number of hydrogen-bond acceptors (Lipinski definition) is 6. The van der Waals surface area contributed by atoms with Crippen LogP contribution in [0, 0.1) is 16.0 Å². The first kappa shape index (κ1) is 19.7. The summed E-state index contributed by atoms with van der Waals surface area (Å²) in [6.45, 7) is 0.403. The number of rotatable bonds is 5. The van der Waals surface area contributed by atoms with Crippen molar-refractivity contribution in [1.82, 2.24) is 4.31 Å². The first-order valence-corrected chi connectivity index (χ1v) is 10.8. The number of nitrogens with zero attached hydrogens (tertiary/aromatic N) is 2. The first-order valence-electron chi connectivity index (χ1n) is 8.07. The summed E-state index contributed by atoms with van der Waals surface area (Å²) in [5.41, 5.74) is -0.0608. The van der Waals surface area contributed by atoms with Gasteiger partial charge in [0.05, 0.1) is 21.6 Å². The molecule has 0 bridgehead atoms. The number of amides is 1. The molecule has 2 heterocycles. The van der Waals surface area contributed by atoms with Crippen molar-refractivity contribution in [3.63, 3.8) is 0 Å². The molecule has 11 heteroatoms. The molecule has 2 aromatic rings. The van der Waals surface area contributed by atoms with Crippen molar-refractivity contribution in [2.45, 2.75) is 17.1 Å². The molecule has 0 aliphatic carbocycles. The van der Waals surface area contributed by atoms with Crippen LogP contribution in [0.2, 0.25) is 5.02 Å². The third-order valence-corrected chi connectivity index (χ3v) is 7.83. The minimum atomic E-state index is -3.63. The van der Waals surface area contributed by atoms with E-state index in [1.807, 2.05) is 0 Å². The van der Waals surface area contributed by atoms with Crippen molar-refractivity contribution in [2.24, 2.45) is 5.92 Å². The monoisotopic (exact) mass is 429 g/mol. The summed E-state index contributed by atoms with van der Waals surface area (Å²) in [4.78, 5) is 22.9. The number of nitro benzene ring substituents is 1. The van der Waals surface area contributed by atoms with Gasteiger partial charge in [0, 0.05) is 25.2 Å². The lowest BCUT2D eigenvalue weighted by Crippen LogP contribution is -2.43. The fourth-order valence-electron chi connectivity index (χ4n) is 2.87. The lowest BCUT2D eigenvalue weighted by Gasteiger charge is -2.30. The van der Waals surface area contributed by atoms with Crippen molar-refractivity contribution < 1.29 is 18.1 Å². The van der Waals surface area contributed by atoms with Crippen molar-refractivity contribution in [1.29, 1.82) is 0 Å². The Kier molecular flexibility index (Phi) is 5.80. The molecule has 1 amide bonds. The number of carbonyl (C=O) groups is 1.